The Labute approximate surface area is 467 Å². The lowest BCUT2D eigenvalue weighted by molar-refractivity contribution is -0.366. The normalized spacial score (nSPS) is 51.6. The van der Waals surface area contributed by atoms with Crippen LogP contribution in [0.15, 0.2) is 0 Å². The Kier molecular flexibility index (Phi) is 17.8. The van der Waals surface area contributed by atoms with Crippen LogP contribution in [0.5, 0.6) is 0 Å². The molecule has 5 aliphatic carbocycles. The van der Waals surface area contributed by atoms with Crippen LogP contribution in [-0.2, 0) is 57.0 Å². The predicted octanol–water partition coefficient (Wildman–Crippen LogP) is -0.980. The average Bonchev–Trinajstić information content (AvgIpc) is 4.19. The molecule has 4 saturated heterocycles. The van der Waals surface area contributed by atoms with Gasteiger partial charge >= 0.3 is 11.9 Å². The Morgan fingerprint density at radius 3 is 1.90 bits per heavy atom. The van der Waals surface area contributed by atoms with Crippen molar-refractivity contribution in [2.24, 2.45) is 50.7 Å². The summed E-state index contributed by atoms with van der Waals surface area (Å²) in [5.74, 6) is -1.83. The number of aliphatic hydroxyl groups is 12. The zero-order valence-electron chi connectivity index (χ0n) is 47.8. The minimum Gasteiger partial charge on any atom is -0.462 e. The summed E-state index contributed by atoms with van der Waals surface area (Å²) in [6.07, 6.45) is -24.0. The molecule has 460 valence electrons. The molecule has 9 fully saturated rings. The molecule has 0 aromatic carbocycles. The number of esters is 2. The van der Waals surface area contributed by atoms with E-state index >= 15 is 0 Å². The van der Waals surface area contributed by atoms with Gasteiger partial charge in [0.25, 0.3) is 0 Å². The average molecular weight is 1150 g/mol. The molecule has 5 saturated carbocycles. The zero-order chi connectivity index (χ0) is 58.7. The van der Waals surface area contributed by atoms with Crippen molar-refractivity contribution in [3.8, 4) is 0 Å². The van der Waals surface area contributed by atoms with Crippen LogP contribution in [0.4, 0.5) is 0 Å². The third kappa shape index (κ3) is 10.6. The van der Waals surface area contributed by atoms with Gasteiger partial charge in [0, 0.05) is 19.8 Å². The number of hydrogen-bond donors (Lipinski definition) is 12. The van der Waals surface area contributed by atoms with Gasteiger partial charge in [0.2, 0.25) is 0 Å². The maximum absolute atomic E-state index is 13.2. The summed E-state index contributed by atoms with van der Waals surface area (Å²) in [6, 6.07) is 0. The van der Waals surface area contributed by atoms with E-state index < -0.39 is 181 Å². The van der Waals surface area contributed by atoms with Gasteiger partial charge in [-0.25, -0.2) is 0 Å². The van der Waals surface area contributed by atoms with Crippen molar-refractivity contribution in [2.45, 2.75) is 268 Å². The van der Waals surface area contributed by atoms with Crippen molar-refractivity contribution >= 4 is 11.9 Å². The number of rotatable bonds is 16. The first-order valence-electron chi connectivity index (χ1n) is 28.9. The molecule has 2 spiro atoms. The number of carbonyl (C=O) groups is 2. The molecule has 0 amide bonds. The topological polar surface area (TPSA) is 369 Å². The molecule has 24 heteroatoms. The molecule has 80 heavy (non-hydrogen) atoms. The summed E-state index contributed by atoms with van der Waals surface area (Å²) < 4.78 is 61.4. The maximum atomic E-state index is 13.2. The van der Waals surface area contributed by atoms with Crippen LogP contribution in [0.2, 0.25) is 0 Å². The van der Waals surface area contributed by atoms with Crippen molar-refractivity contribution in [1.29, 1.82) is 0 Å². The second-order valence-corrected chi connectivity index (χ2v) is 27.0. The van der Waals surface area contributed by atoms with Gasteiger partial charge in [-0.3, -0.25) is 9.59 Å². The van der Waals surface area contributed by atoms with Gasteiger partial charge in [-0.2, -0.15) is 0 Å². The van der Waals surface area contributed by atoms with Crippen LogP contribution in [0, 0.1) is 50.7 Å². The van der Waals surface area contributed by atoms with Crippen molar-refractivity contribution in [2.75, 3.05) is 19.8 Å². The van der Waals surface area contributed by atoms with Crippen molar-refractivity contribution < 1.29 is 118 Å². The minimum atomic E-state index is -1.73. The van der Waals surface area contributed by atoms with E-state index in [1.807, 2.05) is 0 Å². The highest BCUT2D eigenvalue weighted by Crippen LogP contribution is 2.89. The Morgan fingerprint density at radius 1 is 0.650 bits per heavy atom. The van der Waals surface area contributed by atoms with E-state index in [1.165, 1.54) is 20.8 Å². The molecule has 0 aromatic rings. The molecule has 9 rings (SSSR count). The first-order valence-corrected chi connectivity index (χ1v) is 28.9. The van der Waals surface area contributed by atoms with Gasteiger partial charge in [0.1, 0.15) is 79.4 Å². The highest BCUT2D eigenvalue weighted by molar-refractivity contribution is 5.66. The van der Waals surface area contributed by atoms with Crippen molar-refractivity contribution in [3.05, 3.63) is 0 Å². The number of aliphatic hydroxyl groups excluding tert-OH is 11. The molecule has 0 aromatic heterocycles. The van der Waals surface area contributed by atoms with E-state index in [0.717, 1.165) is 19.3 Å². The van der Waals surface area contributed by atoms with Gasteiger partial charge in [-0.15, -0.1) is 0 Å². The third-order valence-electron chi connectivity index (χ3n) is 21.6. The lowest BCUT2D eigenvalue weighted by Crippen LogP contribution is -2.65. The largest absolute Gasteiger partial charge is 0.462 e. The van der Waals surface area contributed by atoms with Crippen LogP contribution in [0.3, 0.4) is 0 Å². The molecule has 0 radical (unpaired) electrons. The predicted molar refractivity (Wildman–Crippen MR) is 273 cm³/mol. The number of fused-ring (bicyclic) bond motifs is 2. The summed E-state index contributed by atoms with van der Waals surface area (Å²) in [4.78, 5) is 24.8. The summed E-state index contributed by atoms with van der Waals surface area (Å²) in [7, 11) is 0. The van der Waals surface area contributed by atoms with E-state index in [-0.39, 0.29) is 48.7 Å². The second-order valence-electron chi connectivity index (χ2n) is 27.0. The van der Waals surface area contributed by atoms with Gasteiger partial charge < -0.3 is 109 Å². The zero-order valence-corrected chi connectivity index (χ0v) is 47.8. The molecule has 4 heterocycles. The summed E-state index contributed by atoms with van der Waals surface area (Å²) in [5.41, 5.74) is -3.90. The number of hydrogen-bond acceptors (Lipinski definition) is 24. The summed E-state index contributed by atoms with van der Waals surface area (Å²) in [5, 5.41) is 131. The van der Waals surface area contributed by atoms with E-state index in [1.54, 1.807) is 13.8 Å². The SMILES string of the molecule is CC(=O)O[C@H]1C[C@@]2(C)[C@@H]3C[C@H](O[C@H]4O[C@@H](CO)[C@H](O)[C@@H](O)[C@@H]4O)[C@@H]4C(C)(C)[C@@H](O[C@@H]5OC[C@@H](O)[C@H](O)[C@H]5O[C@@H]5O[C@@H](C)[C@H](O)[C@@H](O)[C@H]5O)CC[C@@]45C[C@@]35CC[C@]2(C)[C@H]1[C@H](C)CC[C@H](O[C@H]1OC[C@@H](OC(C)=O)[C@@H](O)[C@@H]1O)C(C)(C)O. The van der Waals surface area contributed by atoms with E-state index in [4.69, 9.17) is 47.4 Å². The van der Waals surface area contributed by atoms with Gasteiger partial charge in [0.05, 0.1) is 49.8 Å². The fourth-order valence-electron chi connectivity index (χ4n) is 17.5. The standard InChI is InChI=1S/C56H92O24/c1-23(11-12-34(52(7,8)70)79-47-42(67)39(64)31(21-72-47)75-26(4)59)35-29(74-25(3)58)18-54(10)32-17-28(76-49-44(69)41(66)38(63)30(19-57)77-49)46-51(5,6)33(13-14-56(46)22-55(32,56)16-15-53(35,54)9)78-50-45(37(62)27(60)20-71-50)80-48-43(68)40(65)36(61)24(2)73-48/h23-24,27-50,57,60-70H,11-22H2,1-10H3/t23-,24+,27-,28+,29+,30+,31-,32+,33+,34+,35+,36+,37+,38+,39-,40-,41-,42+,43-,44+,45-,46-,47-,48+,49+,50+,53-,54+,55+,56-/m1/s1. The number of ether oxygens (including phenoxy) is 10. The first-order chi connectivity index (χ1) is 37.3. The lowest BCUT2D eigenvalue weighted by Gasteiger charge is -2.65. The molecule has 4 aliphatic heterocycles. The molecular weight excluding hydrogens is 1060 g/mol. The van der Waals surface area contributed by atoms with Gasteiger partial charge in [-0.05, 0) is 123 Å². The highest BCUT2D eigenvalue weighted by atomic mass is 16.8. The number of carbonyl (C=O) groups excluding carboxylic acids is 2. The van der Waals surface area contributed by atoms with E-state index in [2.05, 4.69) is 34.6 Å². The van der Waals surface area contributed by atoms with Crippen LogP contribution in [0.1, 0.15) is 127 Å². The second kappa shape index (κ2) is 22.8. The Morgan fingerprint density at radius 2 is 1.26 bits per heavy atom. The Hall–Kier alpha value is -1.86. The van der Waals surface area contributed by atoms with Crippen LogP contribution < -0.4 is 0 Å². The lowest BCUT2D eigenvalue weighted by atomic mass is 9.41. The summed E-state index contributed by atoms with van der Waals surface area (Å²) >= 11 is 0. The van der Waals surface area contributed by atoms with Gasteiger partial charge in [0.15, 0.2) is 31.3 Å². The van der Waals surface area contributed by atoms with Gasteiger partial charge in [-0.1, -0.05) is 34.6 Å². The van der Waals surface area contributed by atoms with E-state index in [0.29, 0.717) is 32.1 Å². The van der Waals surface area contributed by atoms with Crippen LogP contribution >= 0.6 is 0 Å². The molecule has 0 unspecified atom stereocenters. The minimum absolute atomic E-state index is 0.0719. The monoisotopic (exact) mass is 1150 g/mol. The molecule has 30 atom stereocenters. The fourth-order valence-corrected chi connectivity index (χ4v) is 17.5. The molecule has 9 aliphatic rings. The van der Waals surface area contributed by atoms with Crippen LogP contribution in [0.25, 0.3) is 0 Å². The third-order valence-corrected chi connectivity index (χ3v) is 21.6. The van der Waals surface area contributed by atoms with Crippen molar-refractivity contribution in [3.63, 3.8) is 0 Å². The highest BCUT2D eigenvalue weighted by Gasteiger charge is 2.85. The van der Waals surface area contributed by atoms with E-state index in [9.17, 15) is 70.9 Å². The Balaban J connectivity index is 1.01. The molecular formula is C56H92O24. The fraction of sp³-hybridized carbons (Fsp3) is 0.964. The molecule has 12 N–H and O–H groups in total. The molecule has 0 bridgehead atoms. The van der Waals surface area contributed by atoms with Crippen LogP contribution in [-0.4, -0.2) is 234 Å². The quantitative estimate of drug-likeness (QED) is 0.0653. The summed E-state index contributed by atoms with van der Waals surface area (Å²) in [6.45, 7) is 16.8. The first kappa shape index (κ1) is 62.7. The van der Waals surface area contributed by atoms with Crippen molar-refractivity contribution in [1.82, 2.24) is 0 Å². The maximum Gasteiger partial charge on any atom is 0.303 e. The Bertz CT molecular complexity index is 2180. The molecule has 24 nitrogen and oxygen atoms in total. The smallest absolute Gasteiger partial charge is 0.303 e.